The summed E-state index contributed by atoms with van der Waals surface area (Å²) in [7, 11) is 0. The summed E-state index contributed by atoms with van der Waals surface area (Å²) < 4.78 is 5.66. The lowest BCUT2D eigenvalue weighted by molar-refractivity contribution is 0.406. The molecule has 0 spiro atoms. The van der Waals surface area contributed by atoms with E-state index in [2.05, 4.69) is 5.32 Å². The summed E-state index contributed by atoms with van der Waals surface area (Å²) in [6.45, 7) is 2.80. The highest BCUT2D eigenvalue weighted by Gasteiger charge is 2.03. The molecule has 0 saturated heterocycles. The SMILES string of the molecule is CC1=CC=C(Oc2ccccc2)CN1. The van der Waals surface area contributed by atoms with Crippen LogP contribution in [-0.4, -0.2) is 6.54 Å². The van der Waals surface area contributed by atoms with Gasteiger partial charge in [-0.15, -0.1) is 0 Å². The fourth-order valence-corrected chi connectivity index (χ4v) is 1.27. The Balaban J connectivity index is 2.06. The van der Waals surface area contributed by atoms with Crippen LogP contribution in [0, 0.1) is 0 Å². The van der Waals surface area contributed by atoms with Crippen LogP contribution >= 0.6 is 0 Å². The molecule has 1 aliphatic heterocycles. The van der Waals surface area contributed by atoms with Crippen molar-refractivity contribution in [2.45, 2.75) is 6.92 Å². The molecule has 0 fully saturated rings. The molecule has 1 aromatic carbocycles. The van der Waals surface area contributed by atoms with Gasteiger partial charge >= 0.3 is 0 Å². The highest BCUT2D eigenvalue weighted by molar-refractivity contribution is 5.27. The molecule has 2 rings (SSSR count). The summed E-state index contributed by atoms with van der Waals surface area (Å²) >= 11 is 0. The van der Waals surface area contributed by atoms with Crippen molar-refractivity contribution in [3.05, 3.63) is 53.9 Å². The fraction of sp³-hybridized carbons (Fsp3) is 0.167. The normalized spacial score (nSPS) is 15.2. The van der Waals surface area contributed by atoms with Crippen molar-refractivity contribution in [1.29, 1.82) is 0 Å². The van der Waals surface area contributed by atoms with Crippen LogP contribution in [0.1, 0.15) is 6.92 Å². The van der Waals surface area contributed by atoms with Crippen molar-refractivity contribution < 1.29 is 4.74 Å². The van der Waals surface area contributed by atoms with Gasteiger partial charge in [0.2, 0.25) is 0 Å². The molecule has 2 nitrogen and oxygen atoms in total. The maximum Gasteiger partial charge on any atom is 0.127 e. The molecule has 0 unspecified atom stereocenters. The number of allylic oxidation sites excluding steroid dienone is 3. The first-order valence-electron chi connectivity index (χ1n) is 4.69. The number of dihydropyridines is 1. The number of nitrogens with one attached hydrogen (secondary N) is 1. The maximum atomic E-state index is 5.66. The van der Waals surface area contributed by atoms with Crippen LogP contribution in [0.15, 0.2) is 53.9 Å². The monoisotopic (exact) mass is 187 g/mol. The van der Waals surface area contributed by atoms with Crippen molar-refractivity contribution >= 4 is 0 Å². The van der Waals surface area contributed by atoms with Crippen molar-refractivity contribution in [3.8, 4) is 5.75 Å². The zero-order valence-electron chi connectivity index (χ0n) is 8.16. The van der Waals surface area contributed by atoms with Crippen molar-refractivity contribution in [2.75, 3.05) is 6.54 Å². The molecule has 1 N–H and O–H groups in total. The Kier molecular flexibility index (Phi) is 2.54. The fourth-order valence-electron chi connectivity index (χ4n) is 1.27. The van der Waals surface area contributed by atoms with Gasteiger partial charge in [-0.3, -0.25) is 0 Å². The van der Waals surface area contributed by atoms with E-state index in [-0.39, 0.29) is 0 Å². The zero-order chi connectivity index (χ0) is 9.80. The Bertz CT molecular complexity index is 365. The van der Waals surface area contributed by atoms with Crippen LogP contribution in [-0.2, 0) is 0 Å². The van der Waals surface area contributed by atoms with Crippen molar-refractivity contribution in [3.63, 3.8) is 0 Å². The molecule has 0 atom stereocenters. The van der Waals surface area contributed by atoms with Gasteiger partial charge in [-0.05, 0) is 31.2 Å². The lowest BCUT2D eigenvalue weighted by Gasteiger charge is -2.15. The predicted molar refractivity (Wildman–Crippen MR) is 56.9 cm³/mol. The molecule has 0 aliphatic carbocycles. The van der Waals surface area contributed by atoms with Crippen molar-refractivity contribution in [2.24, 2.45) is 0 Å². The minimum absolute atomic E-state index is 0.761. The molecular weight excluding hydrogens is 174 g/mol. The molecule has 0 aromatic heterocycles. The quantitative estimate of drug-likeness (QED) is 0.767. The Morgan fingerprint density at radius 1 is 1.14 bits per heavy atom. The summed E-state index contributed by atoms with van der Waals surface area (Å²) in [6.07, 6.45) is 4.01. The maximum absolute atomic E-state index is 5.66. The van der Waals surface area contributed by atoms with Crippen LogP contribution in [0.3, 0.4) is 0 Å². The molecule has 1 heterocycles. The Labute approximate surface area is 83.9 Å². The van der Waals surface area contributed by atoms with Gasteiger partial charge in [0.25, 0.3) is 0 Å². The van der Waals surface area contributed by atoms with Crippen LogP contribution in [0.5, 0.6) is 5.75 Å². The number of hydrogen-bond acceptors (Lipinski definition) is 2. The molecule has 14 heavy (non-hydrogen) atoms. The Morgan fingerprint density at radius 3 is 2.57 bits per heavy atom. The second-order valence-corrected chi connectivity index (χ2v) is 3.25. The van der Waals surface area contributed by atoms with Gasteiger partial charge in [-0.2, -0.15) is 0 Å². The van der Waals surface area contributed by atoms with E-state index < -0.39 is 0 Å². The third-order valence-electron chi connectivity index (χ3n) is 2.05. The first kappa shape index (κ1) is 8.88. The molecule has 0 amide bonds. The molecular formula is C12H13NO. The summed E-state index contributed by atoms with van der Waals surface area (Å²) in [5, 5.41) is 3.22. The number of ether oxygens (including phenoxy) is 1. The smallest absolute Gasteiger partial charge is 0.127 e. The molecule has 1 aromatic rings. The van der Waals surface area contributed by atoms with Crippen molar-refractivity contribution in [1.82, 2.24) is 5.32 Å². The highest BCUT2D eigenvalue weighted by atomic mass is 16.5. The average Bonchev–Trinajstić information content (AvgIpc) is 2.23. The van der Waals surface area contributed by atoms with Crippen LogP contribution in [0.25, 0.3) is 0 Å². The van der Waals surface area contributed by atoms with E-state index in [4.69, 9.17) is 4.74 Å². The second kappa shape index (κ2) is 4.01. The predicted octanol–water partition coefficient (Wildman–Crippen LogP) is 2.46. The minimum atomic E-state index is 0.761. The van der Waals surface area contributed by atoms with E-state index in [1.54, 1.807) is 0 Å². The third-order valence-corrected chi connectivity index (χ3v) is 2.05. The first-order chi connectivity index (χ1) is 6.84. The van der Waals surface area contributed by atoms with Gasteiger partial charge in [0.1, 0.15) is 11.5 Å². The Hall–Kier alpha value is -1.70. The molecule has 0 bridgehead atoms. The topological polar surface area (TPSA) is 21.3 Å². The van der Waals surface area contributed by atoms with E-state index in [1.807, 2.05) is 49.4 Å². The zero-order valence-corrected chi connectivity index (χ0v) is 8.16. The molecule has 72 valence electrons. The van der Waals surface area contributed by atoms with E-state index in [0.29, 0.717) is 0 Å². The third kappa shape index (κ3) is 2.16. The Morgan fingerprint density at radius 2 is 1.93 bits per heavy atom. The summed E-state index contributed by atoms with van der Waals surface area (Å²) in [6, 6.07) is 9.81. The van der Waals surface area contributed by atoms with E-state index in [9.17, 15) is 0 Å². The van der Waals surface area contributed by atoms with Gasteiger partial charge in [-0.1, -0.05) is 18.2 Å². The molecule has 1 aliphatic rings. The van der Waals surface area contributed by atoms with Gasteiger partial charge in [-0.25, -0.2) is 0 Å². The largest absolute Gasteiger partial charge is 0.460 e. The molecule has 0 radical (unpaired) electrons. The van der Waals surface area contributed by atoms with E-state index in [1.165, 1.54) is 5.70 Å². The summed E-state index contributed by atoms with van der Waals surface area (Å²) in [5.41, 5.74) is 1.17. The number of benzene rings is 1. The highest BCUT2D eigenvalue weighted by Crippen LogP contribution is 2.14. The lowest BCUT2D eigenvalue weighted by Crippen LogP contribution is -2.20. The lowest BCUT2D eigenvalue weighted by atomic mass is 10.3. The van der Waals surface area contributed by atoms with Gasteiger partial charge in [0.05, 0.1) is 6.54 Å². The van der Waals surface area contributed by atoms with Crippen LogP contribution < -0.4 is 10.1 Å². The van der Waals surface area contributed by atoms with Gasteiger partial charge in [0.15, 0.2) is 0 Å². The summed E-state index contributed by atoms with van der Waals surface area (Å²) in [4.78, 5) is 0. The average molecular weight is 187 g/mol. The standard InChI is InChI=1S/C12H13NO/c1-10-7-8-12(9-13-10)14-11-5-3-2-4-6-11/h2-8,13H,9H2,1H3. The molecule has 0 saturated carbocycles. The van der Waals surface area contributed by atoms with Crippen LogP contribution in [0.4, 0.5) is 0 Å². The van der Waals surface area contributed by atoms with E-state index in [0.717, 1.165) is 18.1 Å². The second-order valence-electron chi connectivity index (χ2n) is 3.25. The first-order valence-corrected chi connectivity index (χ1v) is 4.69. The van der Waals surface area contributed by atoms with Gasteiger partial charge in [0, 0.05) is 5.70 Å². The number of hydrogen-bond donors (Lipinski definition) is 1. The molecule has 2 heteroatoms. The number of para-hydroxylation sites is 1. The minimum Gasteiger partial charge on any atom is -0.460 e. The van der Waals surface area contributed by atoms with E-state index >= 15 is 0 Å². The number of rotatable bonds is 2. The van der Waals surface area contributed by atoms with Gasteiger partial charge < -0.3 is 10.1 Å². The van der Waals surface area contributed by atoms with Crippen LogP contribution in [0.2, 0.25) is 0 Å². The summed E-state index contributed by atoms with van der Waals surface area (Å²) in [5.74, 6) is 1.83.